The summed E-state index contributed by atoms with van der Waals surface area (Å²) in [5.74, 6) is 2.62. The summed E-state index contributed by atoms with van der Waals surface area (Å²) in [5, 5.41) is 0. The van der Waals surface area contributed by atoms with Gasteiger partial charge in [0.1, 0.15) is 0 Å². The zero-order valence-corrected chi connectivity index (χ0v) is 7.76. The lowest BCUT2D eigenvalue weighted by molar-refractivity contribution is 1.03. The molecule has 0 saturated heterocycles. The topological polar surface area (TPSA) is 0 Å². The average Bonchev–Trinajstić information content (AvgIpc) is 2.04. The van der Waals surface area contributed by atoms with Gasteiger partial charge in [0.05, 0.1) is 0 Å². The maximum atomic E-state index is 5.15. The molecule has 1 aromatic carbocycles. The number of halogens is 1. The van der Waals surface area contributed by atoms with Crippen molar-refractivity contribution in [3.8, 4) is 12.3 Å². The molecule has 0 fully saturated rings. The maximum Gasteiger partial charge on any atom is 0.0175 e. The third kappa shape index (κ3) is 2.78. The Bertz CT molecular complexity index is 253. The molecule has 0 amide bonds. The summed E-state index contributed by atoms with van der Waals surface area (Å²) in [6, 6.07) is 8.24. The Labute approximate surface area is 75.8 Å². The fourth-order valence-corrected chi connectivity index (χ4v) is 1.13. The van der Waals surface area contributed by atoms with Crippen LogP contribution in [0.5, 0.6) is 0 Å². The van der Waals surface area contributed by atoms with Gasteiger partial charge in [-0.3, -0.25) is 0 Å². The van der Waals surface area contributed by atoms with Crippen LogP contribution in [0.3, 0.4) is 0 Å². The van der Waals surface area contributed by atoms with Crippen LogP contribution in [-0.2, 0) is 6.42 Å². The van der Waals surface area contributed by atoms with Crippen LogP contribution in [0, 0.1) is 12.3 Å². The smallest absolute Gasteiger partial charge is 0.0175 e. The van der Waals surface area contributed by atoms with Crippen LogP contribution in [0.2, 0.25) is 0 Å². The molecule has 0 N–H and O–H groups in total. The van der Waals surface area contributed by atoms with Crippen molar-refractivity contribution in [1.29, 1.82) is 0 Å². The number of rotatable bonds is 2. The van der Waals surface area contributed by atoms with Gasteiger partial charge in [0.15, 0.2) is 0 Å². The Kier molecular flexibility index (Phi) is 3.19. The minimum absolute atomic E-state index is 0.821. The average molecular weight is 209 g/mol. The number of hydrogen-bond acceptors (Lipinski definition) is 0. The van der Waals surface area contributed by atoms with Gasteiger partial charge in [-0.2, -0.15) is 0 Å². The SMILES string of the molecule is C#CCCc1ccc(Br)cc1. The van der Waals surface area contributed by atoms with Crippen molar-refractivity contribution < 1.29 is 0 Å². The normalized spacial score (nSPS) is 9.09. The number of benzene rings is 1. The second-order valence-corrected chi connectivity index (χ2v) is 3.25. The second kappa shape index (κ2) is 4.20. The van der Waals surface area contributed by atoms with Gasteiger partial charge in [-0.25, -0.2) is 0 Å². The largest absolute Gasteiger partial charge is 0.120 e. The fraction of sp³-hybridized carbons (Fsp3) is 0.200. The molecule has 0 bridgehead atoms. The molecule has 1 rings (SSSR count). The van der Waals surface area contributed by atoms with Crippen molar-refractivity contribution in [3.63, 3.8) is 0 Å². The Morgan fingerprint density at radius 1 is 1.27 bits per heavy atom. The molecule has 0 aromatic heterocycles. The van der Waals surface area contributed by atoms with Gasteiger partial charge in [0, 0.05) is 10.9 Å². The summed E-state index contributed by atoms with van der Waals surface area (Å²) in [5.41, 5.74) is 1.30. The second-order valence-electron chi connectivity index (χ2n) is 2.33. The summed E-state index contributed by atoms with van der Waals surface area (Å²) < 4.78 is 1.11. The predicted octanol–water partition coefficient (Wildman–Crippen LogP) is 3.01. The molecule has 0 spiro atoms. The van der Waals surface area contributed by atoms with Crippen LogP contribution in [0.1, 0.15) is 12.0 Å². The van der Waals surface area contributed by atoms with Gasteiger partial charge < -0.3 is 0 Å². The maximum absolute atomic E-state index is 5.15. The molecule has 1 heteroatoms. The van der Waals surface area contributed by atoms with Gasteiger partial charge in [-0.1, -0.05) is 28.1 Å². The molecular weight excluding hydrogens is 200 g/mol. The minimum atomic E-state index is 0.821. The summed E-state index contributed by atoms with van der Waals surface area (Å²) in [4.78, 5) is 0. The molecule has 0 aliphatic heterocycles. The van der Waals surface area contributed by atoms with Crippen LogP contribution in [0.25, 0.3) is 0 Å². The number of terminal acetylenes is 1. The van der Waals surface area contributed by atoms with E-state index >= 15 is 0 Å². The highest BCUT2D eigenvalue weighted by Crippen LogP contribution is 2.11. The third-order valence-corrected chi connectivity index (χ3v) is 2.00. The van der Waals surface area contributed by atoms with Gasteiger partial charge in [0.25, 0.3) is 0 Å². The quantitative estimate of drug-likeness (QED) is 0.656. The van der Waals surface area contributed by atoms with Crippen molar-refractivity contribution in [1.82, 2.24) is 0 Å². The first-order chi connectivity index (χ1) is 5.33. The summed E-state index contributed by atoms with van der Waals surface area (Å²) in [6.45, 7) is 0. The summed E-state index contributed by atoms with van der Waals surface area (Å²) in [7, 11) is 0. The lowest BCUT2D eigenvalue weighted by Gasteiger charge is -1.96. The van der Waals surface area contributed by atoms with E-state index in [0.717, 1.165) is 17.3 Å². The lowest BCUT2D eigenvalue weighted by Crippen LogP contribution is -1.81. The van der Waals surface area contributed by atoms with E-state index in [0.29, 0.717) is 0 Å². The van der Waals surface area contributed by atoms with Crippen LogP contribution in [0.15, 0.2) is 28.7 Å². The molecule has 0 unspecified atom stereocenters. The van der Waals surface area contributed by atoms with Gasteiger partial charge in [-0.05, 0) is 24.1 Å². The van der Waals surface area contributed by atoms with Gasteiger partial charge in [-0.15, -0.1) is 12.3 Å². The lowest BCUT2D eigenvalue weighted by atomic mass is 10.1. The fourth-order valence-electron chi connectivity index (χ4n) is 0.868. The summed E-state index contributed by atoms with van der Waals surface area (Å²) in [6.07, 6.45) is 6.94. The van der Waals surface area contributed by atoms with Crippen LogP contribution >= 0.6 is 15.9 Å². The third-order valence-electron chi connectivity index (χ3n) is 1.47. The molecule has 56 valence electrons. The van der Waals surface area contributed by atoms with E-state index in [1.54, 1.807) is 0 Å². The standard InChI is InChI=1S/C10H9Br/c1-2-3-4-9-5-7-10(11)8-6-9/h1,5-8H,3-4H2. The predicted molar refractivity (Wildman–Crippen MR) is 51.3 cm³/mol. The summed E-state index contributed by atoms with van der Waals surface area (Å²) >= 11 is 3.37. The molecule has 0 nitrogen and oxygen atoms in total. The van der Waals surface area contributed by atoms with Crippen LogP contribution < -0.4 is 0 Å². The minimum Gasteiger partial charge on any atom is -0.120 e. The van der Waals surface area contributed by atoms with E-state index in [1.807, 2.05) is 12.1 Å². The number of hydrogen-bond donors (Lipinski definition) is 0. The van der Waals surface area contributed by atoms with Crippen molar-refractivity contribution in [2.75, 3.05) is 0 Å². The molecule has 0 saturated carbocycles. The first-order valence-corrected chi connectivity index (χ1v) is 4.30. The number of aryl methyl sites for hydroxylation is 1. The highest BCUT2D eigenvalue weighted by atomic mass is 79.9. The van der Waals surface area contributed by atoms with E-state index in [4.69, 9.17) is 6.42 Å². The zero-order chi connectivity index (χ0) is 8.10. The van der Waals surface area contributed by atoms with E-state index in [9.17, 15) is 0 Å². The van der Waals surface area contributed by atoms with Crippen molar-refractivity contribution >= 4 is 15.9 Å². The highest BCUT2D eigenvalue weighted by Gasteiger charge is 1.90. The van der Waals surface area contributed by atoms with E-state index in [-0.39, 0.29) is 0 Å². The van der Waals surface area contributed by atoms with E-state index in [2.05, 4.69) is 34.0 Å². The molecule has 0 heterocycles. The molecule has 0 atom stereocenters. The molecule has 1 aromatic rings. The Hall–Kier alpha value is -0.740. The first-order valence-electron chi connectivity index (χ1n) is 3.51. The molecule has 0 aliphatic rings. The first kappa shape index (κ1) is 8.36. The molecule has 0 radical (unpaired) electrons. The highest BCUT2D eigenvalue weighted by molar-refractivity contribution is 9.10. The molecule has 0 aliphatic carbocycles. The Balaban J connectivity index is 2.60. The van der Waals surface area contributed by atoms with Gasteiger partial charge >= 0.3 is 0 Å². The molecule has 11 heavy (non-hydrogen) atoms. The van der Waals surface area contributed by atoms with Crippen LogP contribution in [0.4, 0.5) is 0 Å². The van der Waals surface area contributed by atoms with Gasteiger partial charge in [0.2, 0.25) is 0 Å². The van der Waals surface area contributed by atoms with Crippen LogP contribution in [-0.4, -0.2) is 0 Å². The monoisotopic (exact) mass is 208 g/mol. The Morgan fingerprint density at radius 3 is 2.45 bits per heavy atom. The van der Waals surface area contributed by atoms with E-state index < -0.39 is 0 Å². The molecular formula is C10H9Br. The van der Waals surface area contributed by atoms with Crippen molar-refractivity contribution in [2.24, 2.45) is 0 Å². The van der Waals surface area contributed by atoms with Crippen molar-refractivity contribution in [3.05, 3.63) is 34.3 Å². The Morgan fingerprint density at radius 2 is 1.91 bits per heavy atom. The van der Waals surface area contributed by atoms with E-state index in [1.165, 1.54) is 5.56 Å². The zero-order valence-electron chi connectivity index (χ0n) is 6.18. The van der Waals surface area contributed by atoms with Crippen molar-refractivity contribution in [2.45, 2.75) is 12.8 Å².